The van der Waals surface area contributed by atoms with Crippen molar-refractivity contribution in [1.29, 1.82) is 0 Å². The predicted molar refractivity (Wildman–Crippen MR) is 42.6 cm³/mol. The van der Waals surface area contributed by atoms with Crippen LogP contribution in [0, 0.1) is 0 Å². The van der Waals surface area contributed by atoms with Crippen molar-refractivity contribution in [2.75, 3.05) is 0 Å². The van der Waals surface area contributed by atoms with E-state index in [1.165, 1.54) is 0 Å². The first-order valence-corrected chi connectivity index (χ1v) is 3.35. The summed E-state index contributed by atoms with van der Waals surface area (Å²) in [6.45, 7) is 1.86. The van der Waals surface area contributed by atoms with E-state index in [4.69, 9.17) is 10.9 Å². The summed E-state index contributed by atoms with van der Waals surface area (Å²) in [5.74, 6) is 0.209. The van der Waals surface area contributed by atoms with E-state index in [1.54, 1.807) is 0 Å². The van der Waals surface area contributed by atoms with Crippen LogP contribution in [-0.2, 0) is 0 Å². The van der Waals surface area contributed by atoms with Crippen molar-refractivity contribution in [3.8, 4) is 0 Å². The molecule has 1 heterocycles. The molecule has 0 saturated carbocycles. The number of hydrogen-bond donors (Lipinski definition) is 2. The molecule has 0 spiro atoms. The molecule has 0 unspecified atom stereocenters. The van der Waals surface area contributed by atoms with E-state index in [-0.39, 0.29) is 11.9 Å². The van der Waals surface area contributed by atoms with Crippen molar-refractivity contribution in [3.63, 3.8) is 0 Å². The Labute approximate surface area is 64.9 Å². The molecule has 0 fully saturated rings. The monoisotopic (exact) mass is 153 g/mol. The highest BCUT2D eigenvalue weighted by atomic mass is 16.4. The molecular formula is C7H11N3O. The zero-order chi connectivity index (χ0) is 8.27. The third-order valence-corrected chi connectivity index (χ3v) is 1.62. The van der Waals surface area contributed by atoms with Gasteiger partial charge in [-0.1, -0.05) is 5.16 Å². The Morgan fingerprint density at radius 2 is 2.09 bits per heavy atom. The number of nitrogens with zero attached hydrogens (tertiary/aromatic N) is 2. The molecule has 0 bridgehead atoms. The van der Waals surface area contributed by atoms with Crippen molar-refractivity contribution in [1.82, 2.24) is 4.57 Å². The standard InChI is InChI=1S/C7H11N3O/c1-6(7(8)9-11)10-4-2-3-5-10/h2-6,11H,1H3,(H2,8,9)/t6-/m0/s1. The fraction of sp³-hybridized carbons (Fsp3) is 0.286. The summed E-state index contributed by atoms with van der Waals surface area (Å²) >= 11 is 0. The molecule has 1 aromatic rings. The lowest BCUT2D eigenvalue weighted by Gasteiger charge is -2.10. The Balaban J connectivity index is 2.78. The number of nitrogens with two attached hydrogens (primary N) is 1. The third kappa shape index (κ3) is 1.52. The molecule has 11 heavy (non-hydrogen) atoms. The Kier molecular flexibility index (Phi) is 2.15. The van der Waals surface area contributed by atoms with E-state index < -0.39 is 0 Å². The molecular weight excluding hydrogens is 142 g/mol. The van der Waals surface area contributed by atoms with E-state index in [2.05, 4.69) is 5.16 Å². The van der Waals surface area contributed by atoms with Crippen LogP contribution in [0.1, 0.15) is 13.0 Å². The molecule has 0 aromatic carbocycles. The van der Waals surface area contributed by atoms with Gasteiger partial charge in [-0.05, 0) is 19.1 Å². The zero-order valence-corrected chi connectivity index (χ0v) is 6.31. The van der Waals surface area contributed by atoms with Crippen LogP contribution in [-0.4, -0.2) is 15.6 Å². The van der Waals surface area contributed by atoms with Crippen LogP contribution in [0.2, 0.25) is 0 Å². The summed E-state index contributed by atoms with van der Waals surface area (Å²) in [7, 11) is 0. The van der Waals surface area contributed by atoms with Crippen molar-refractivity contribution >= 4 is 5.84 Å². The predicted octanol–water partition coefficient (Wildman–Crippen LogP) is 0.796. The van der Waals surface area contributed by atoms with Crippen molar-refractivity contribution in [2.24, 2.45) is 10.9 Å². The van der Waals surface area contributed by atoms with Crippen molar-refractivity contribution in [3.05, 3.63) is 24.5 Å². The van der Waals surface area contributed by atoms with Crippen LogP contribution in [0.3, 0.4) is 0 Å². The number of aromatic nitrogens is 1. The van der Waals surface area contributed by atoms with Gasteiger partial charge in [0.25, 0.3) is 0 Å². The molecule has 3 N–H and O–H groups in total. The lowest BCUT2D eigenvalue weighted by molar-refractivity contribution is 0.314. The fourth-order valence-electron chi connectivity index (χ4n) is 0.842. The maximum absolute atomic E-state index is 8.35. The first kappa shape index (κ1) is 7.65. The maximum atomic E-state index is 8.35. The van der Waals surface area contributed by atoms with Gasteiger partial charge in [0.1, 0.15) is 0 Å². The summed E-state index contributed by atoms with van der Waals surface area (Å²) in [6, 6.07) is 3.69. The normalized spacial score (nSPS) is 14.8. The van der Waals surface area contributed by atoms with Gasteiger partial charge in [-0.15, -0.1) is 0 Å². The van der Waals surface area contributed by atoms with Gasteiger partial charge in [0.15, 0.2) is 5.84 Å². The largest absolute Gasteiger partial charge is 0.409 e. The molecule has 4 heteroatoms. The average molecular weight is 153 g/mol. The van der Waals surface area contributed by atoms with Gasteiger partial charge >= 0.3 is 0 Å². The minimum atomic E-state index is -0.0880. The zero-order valence-electron chi connectivity index (χ0n) is 6.31. The highest BCUT2D eigenvalue weighted by Crippen LogP contribution is 2.04. The number of hydrogen-bond acceptors (Lipinski definition) is 2. The third-order valence-electron chi connectivity index (χ3n) is 1.62. The molecule has 1 atom stereocenters. The molecule has 60 valence electrons. The quantitative estimate of drug-likeness (QED) is 0.285. The molecule has 0 radical (unpaired) electrons. The van der Waals surface area contributed by atoms with E-state index in [9.17, 15) is 0 Å². The lowest BCUT2D eigenvalue weighted by Crippen LogP contribution is -2.23. The second-order valence-electron chi connectivity index (χ2n) is 2.33. The van der Waals surface area contributed by atoms with Crippen LogP contribution in [0.25, 0.3) is 0 Å². The topological polar surface area (TPSA) is 63.5 Å². The van der Waals surface area contributed by atoms with Gasteiger partial charge in [-0.3, -0.25) is 0 Å². The second-order valence-corrected chi connectivity index (χ2v) is 2.33. The maximum Gasteiger partial charge on any atom is 0.161 e. The summed E-state index contributed by atoms with van der Waals surface area (Å²) in [4.78, 5) is 0. The second kappa shape index (κ2) is 3.09. The molecule has 0 aliphatic heterocycles. The van der Waals surface area contributed by atoms with E-state index in [0.29, 0.717) is 0 Å². The highest BCUT2D eigenvalue weighted by molar-refractivity contribution is 5.83. The SMILES string of the molecule is C[C@@H](C(N)=NO)n1cccc1. The van der Waals surface area contributed by atoms with Crippen molar-refractivity contribution in [2.45, 2.75) is 13.0 Å². The van der Waals surface area contributed by atoms with E-state index in [0.717, 1.165) is 0 Å². The Hall–Kier alpha value is -1.45. The Bertz CT molecular complexity index is 240. The number of amidine groups is 1. The Morgan fingerprint density at radius 1 is 1.55 bits per heavy atom. The summed E-state index contributed by atoms with van der Waals surface area (Å²) in [5, 5.41) is 11.3. The van der Waals surface area contributed by atoms with Crippen LogP contribution >= 0.6 is 0 Å². The first-order valence-electron chi connectivity index (χ1n) is 3.35. The smallest absolute Gasteiger partial charge is 0.161 e. The van der Waals surface area contributed by atoms with Gasteiger partial charge in [0.2, 0.25) is 0 Å². The molecule has 0 aliphatic carbocycles. The lowest BCUT2D eigenvalue weighted by atomic mass is 10.3. The minimum Gasteiger partial charge on any atom is -0.409 e. The molecule has 0 saturated heterocycles. The summed E-state index contributed by atoms with van der Waals surface area (Å²) in [5.41, 5.74) is 5.39. The highest BCUT2D eigenvalue weighted by Gasteiger charge is 2.06. The van der Waals surface area contributed by atoms with Gasteiger partial charge in [0, 0.05) is 12.4 Å². The molecule has 0 amide bonds. The molecule has 1 aromatic heterocycles. The molecule has 4 nitrogen and oxygen atoms in total. The summed E-state index contributed by atoms with van der Waals surface area (Å²) < 4.78 is 1.86. The summed E-state index contributed by atoms with van der Waals surface area (Å²) in [6.07, 6.45) is 3.73. The number of rotatable bonds is 2. The van der Waals surface area contributed by atoms with Crippen LogP contribution in [0.15, 0.2) is 29.7 Å². The molecule has 1 rings (SSSR count). The van der Waals surface area contributed by atoms with Gasteiger partial charge in [-0.25, -0.2) is 0 Å². The van der Waals surface area contributed by atoms with Gasteiger partial charge < -0.3 is 15.5 Å². The first-order chi connectivity index (χ1) is 5.25. The van der Waals surface area contributed by atoms with E-state index >= 15 is 0 Å². The fourth-order valence-corrected chi connectivity index (χ4v) is 0.842. The number of oxime groups is 1. The van der Waals surface area contributed by atoms with Gasteiger partial charge in [0.05, 0.1) is 6.04 Å². The minimum absolute atomic E-state index is 0.0880. The van der Waals surface area contributed by atoms with Gasteiger partial charge in [-0.2, -0.15) is 0 Å². The van der Waals surface area contributed by atoms with Crippen LogP contribution < -0.4 is 5.73 Å². The Morgan fingerprint density at radius 3 is 2.55 bits per heavy atom. The molecule has 0 aliphatic rings. The van der Waals surface area contributed by atoms with Crippen molar-refractivity contribution < 1.29 is 5.21 Å². The van der Waals surface area contributed by atoms with Crippen LogP contribution in [0.4, 0.5) is 0 Å². The van der Waals surface area contributed by atoms with E-state index in [1.807, 2.05) is 36.0 Å². The van der Waals surface area contributed by atoms with Crippen LogP contribution in [0.5, 0.6) is 0 Å². The average Bonchev–Trinajstić information content (AvgIpc) is 2.53.